The number of aliphatic carboxylic acids is 2. The van der Waals surface area contributed by atoms with Crippen molar-refractivity contribution >= 4 is 11.9 Å². The molecule has 196 valence electrons. The molecular formula is C20H22F7N3O5. The van der Waals surface area contributed by atoms with Crippen LogP contribution in [0.2, 0.25) is 0 Å². The maximum Gasteiger partial charge on any atom is 0.490 e. The molecule has 1 aliphatic heterocycles. The summed E-state index contributed by atoms with van der Waals surface area (Å²) >= 11 is 0. The van der Waals surface area contributed by atoms with Crippen LogP contribution in [0.4, 0.5) is 30.7 Å². The van der Waals surface area contributed by atoms with Crippen LogP contribution < -0.4 is 0 Å². The Balaban J connectivity index is 0.000000362. The number of aromatic nitrogens is 2. The first kappa shape index (κ1) is 29.8. The number of alkyl halides is 6. The van der Waals surface area contributed by atoms with E-state index in [9.17, 15) is 30.7 Å². The molecule has 35 heavy (non-hydrogen) atoms. The molecule has 2 N–H and O–H groups in total. The van der Waals surface area contributed by atoms with Crippen LogP contribution in [-0.2, 0) is 34.5 Å². The van der Waals surface area contributed by atoms with E-state index in [2.05, 4.69) is 14.5 Å². The Morgan fingerprint density at radius 1 is 1.11 bits per heavy atom. The Morgan fingerprint density at radius 3 is 2.11 bits per heavy atom. The molecule has 1 aliphatic rings. The second-order valence-electron chi connectivity index (χ2n) is 7.25. The standard InChI is InChI=1S/C16H20FN3O.2C2HF3O2/c1-19-11-18-15-9-20(8-13(10-21-2)16(15)19)7-12-4-3-5-14(17)6-12;2*3-2(4,5)1(6)7/h3-6,11,13H,7-10H2,1-2H3;2*(H,6,7). The zero-order valence-corrected chi connectivity index (χ0v) is 18.4. The predicted molar refractivity (Wildman–Crippen MR) is 106 cm³/mol. The Morgan fingerprint density at radius 2 is 1.66 bits per heavy atom. The van der Waals surface area contributed by atoms with Crippen LogP contribution in [0.5, 0.6) is 0 Å². The number of hydrogen-bond acceptors (Lipinski definition) is 5. The smallest absolute Gasteiger partial charge is 0.475 e. The molecule has 0 fully saturated rings. The molecule has 0 radical (unpaired) electrons. The minimum Gasteiger partial charge on any atom is -0.475 e. The molecule has 8 nitrogen and oxygen atoms in total. The quantitative estimate of drug-likeness (QED) is 0.598. The Labute approximate surface area is 194 Å². The van der Waals surface area contributed by atoms with Crippen molar-refractivity contribution in [3.63, 3.8) is 0 Å². The molecule has 15 heteroatoms. The van der Waals surface area contributed by atoms with Crippen molar-refractivity contribution in [2.75, 3.05) is 20.3 Å². The number of hydrogen-bond donors (Lipinski definition) is 2. The SMILES string of the molecule is COCC1CN(Cc2cccc(F)c2)Cc2ncn(C)c21.O=C(O)C(F)(F)F.O=C(O)C(F)(F)F. The van der Waals surface area contributed by atoms with E-state index >= 15 is 0 Å². The van der Waals surface area contributed by atoms with Crippen molar-refractivity contribution in [1.29, 1.82) is 0 Å². The van der Waals surface area contributed by atoms with Crippen LogP contribution in [0.3, 0.4) is 0 Å². The highest BCUT2D eigenvalue weighted by atomic mass is 19.4. The van der Waals surface area contributed by atoms with Gasteiger partial charge in [0.15, 0.2) is 0 Å². The lowest BCUT2D eigenvalue weighted by atomic mass is 9.98. The third-order valence-corrected chi connectivity index (χ3v) is 4.45. The van der Waals surface area contributed by atoms with Crippen molar-refractivity contribution < 1.29 is 55.3 Å². The van der Waals surface area contributed by atoms with Gasteiger partial charge < -0.3 is 19.5 Å². The Bertz CT molecular complexity index is 968. The molecule has 0 amide bonds. The summed E-state index contributed by atoms with van der Waals surface area (Å²) in [5.74, 6) is -5.39. The molecule has 2 heterocycles. The first-order valence-electron chi connectivity index (χ1n) is 9.62. The molecule has 0 aliphatic carbocycles. The van der Waals surface area contributed by atoms with Crippen molar-refractivity contribution in [3.05, 3.63) is 53.4 Å². The third kappa shape index (κ3) is 9.90. The Hall–Kier alpha value is -3.20. The minimum atomic E-state index is -5.08. The summed E-state index contributed by atoms with van der Waals surface area (Å²) in [6.45, 7) is 3.10. The molecular weight excluding hydrogens is 495 g/mol. The lowest BCUT2D eigenvalue weighted by molar-refractivity contribution is -0.193. The monoisotopic (exact) mass is 517 g/mol. The fraction of sp³-hybridized carbons (Fsp3) is 0.450. The fourth-order valence-electron chi connectivity index (χ4n) is 3.15. The molecule has 1 aromatic heterocycles. The highest BCUT2D eigenvalue weighted by Gasteiger charge is 2.38. The first-order chi connectivity index (χ1) is 16.1. The maximum atomic E-state index is 13.3. The number of imidazole rings is 1. The number of fused-ring (bicyclic) bond motifs is 1. The molecule has 0 saturated heterocycles. The lowest BCUT2D eigenvalue weighted by Gasteiger charge is -2.32. The van der Waals surface area contributed by atoms with Crippen LogP contribution in [0.25, 0.3) is 0 Å². The number of methoxy groups -OCH3 is 1. The van der Waals surface area contributed by atoms with Gasteiger partial charge in [-0.2, -0.15) is 26.3 Å². The molecule has 0 bridgehead atoms. The normalized spacial score (nSPS) is 15.7. The largest absolute Gasteiger partial charge is 0.490 e. The van der Waals surface area contributed by atoms with E-state index in [-0.39, 0.29) is 5.82 Å². The number of aryl methyl sites for hydroxylation is 1. The van der Waals surface area contributed by atoms with Crippen LogP contribution in [-0.4, -0.2) is 69.2 Å². The number of nitrogens with zero attached hydrogens (tertiary/aromatic N) is 3. The number of carboxylic acid groups (broad SMARTS) is 2. The zero-order chi connectivity index (χ0) is 27.0. The van der Waals surface area contributed by atoms with Crippen LogP contribution in [0, 0.1) is 5.82 Å². The van der Waals surface area contributed by atoms with E-state index in [4.69, 9.17) is 24.5 Å². The van der Waals surface area contributed by atoms with Gasteiger partial charge in [-0.1, -0.05) is 12.1 Å². The summed E-state index contributed by atoms with van der Waals surface area (Å²) in [6.07, 6.45) is -8.31. The van der Waals surface area contributed by atoms with Gasteiger partial charge in [-0.05, 0) is 17.7 Å². The van der Waals surface area contributed by atoms with Gasteiger partial charge in [0.25, 0.3) is 0 Å². The number of benzene rings is 1. The molecule has 1 atom stereocenters. The highest BCUT2D eigenvalue weighted by molar-refractivity contribution is 5.73. The lowest BCUT2D eigenvalue weighted by Crippen LogP contribution is -2.35. The molecule has 3 rings (SSSR count). The summed E-state index contributed by atoms with van der Waals surface area (Å²) in [5.41, 5.74) is 3.35. The number of carboxylic acids is 2. The number of halogens is 7. The second-order valence-corrected chi connectivity index (χ2v) is 7.25. The van der Waals surface area contributed by atoms with E-state index < -0.39 is 24.3 Å². The second kappa shape index (κ2) is 12.5. The summed E-state index contributed by atoms with van der Waals surface area (Å²) in [5, 5.41) is 14.2. The number of rotatable bonds is 4. The molecule has 1 aromatic carbocycles. The number of ether oxygens (including phenoxy) is 1. The van der Waals surface area contributed by atoms with Crippen molar-refractivity contribution in [2.24, 2.45) is 7.05 Å². The van der Waals surface area contributed by atoms with E-state index in [1.165, 1.54) is 11.8 Å². The molecule has 2 aromatic rings. The van der Waals surface area contributed by atoms with E-state index in [0.717, 1.165) is 30.9 Å². The van der Waals surface area contributed by atoms with Gasteiger partial charge in [0, 0.05) is 45.4 Å². The van der Waals surface area contributed by atoms with E-state index in [1.807, 2.05) is 19.4 Å². The average molecular weight is 517 g/mol. The minimum absolute atomic E-state index is 0.184. The van der Waals surface area contributed by atoms with Crippen molar-refractivity contribution in [2.45, 2.75) is 31.4 Å². The average Bonchev–Trinajstić information content (AvgIpc) is 3.08. The van der Waals surface area contributed by atoms with Crippen LogP contribution in [0.15, 0.2) is 30.6 Å². The van der Waals surface area contributed by atoms with E-state index in [0.29, 0.717) is 12.5 Å². The van der Waals surface area contributed by atoms with Gasteiger partial charge >= 0.3 is 24.3 Å². The van der Waals surface area contributed by atoms with E-state index in [1.54, 1.807) is 19.2 Å². The Kier molecular flexibility index (Phi) is 10.6. The van der Waals surface area contributed by atoms with Gasteiger partial charge in [-0.25, -0.2) is 19.0 Å². The van der Waals surface area contributed by atoms with Gasteiger partial charge in [0.2, 0.25) is 0 Å². The molecule has 0 spiro atoms. The van der Waals surface area contributed by atoms with Crippen molar-refractivity contribution in [3.8, 4) is 0 Å². The van der Waals surface area contributed by atoms with Gasteiger partial charge in [-0.15, -0.1) is 0 Å². The maximum absolute atomic E-state index is 13.3. The summed E-state index contributed by atoms with van der Waals surface area (Å²) < 4.78 is 84.2. The molecule has 1 unspecified atom stereocenters. The first-order valence-corrected chi connectivity index (χ1v) is 9.62. The van der Waals surface area contributed by atoms with Gasteiger partial charge in [0.1, 0.15) is 5.82 Å². The summed E-state index contributed by atoms with van der Waals surface area (Å²) in [4.78, 5) is 24.6. The highest BCUT2D eigenvalue weighted by Crippen LogP contribution is 2.28. The zero-order valence-electron chi connectivity index (χ0n) is 18.4. The van der Waals surface area contributed by atoms with Gasteiger partial charge in [-0.3, -0.25) is 4.90 Å². The summed E-state index contributed by atoms with van der Waals surface area (Å²) in [7, 11) is 3.75. The number of carbonyl (C=O) groups is 2. The van der Waals surface area contributed by atoms with Gasteiger partial charge in [0.05, 0.1) is 18.6 Å². The fourth-order valence-corrected chi connectivity index (χ4v) is 3.15. The van der Waals surface area contributed by atoms with Crippen LogP contribution >= 0.6 is 0 Å². The third-order valence-electron chi connectivity index (χ3n) is 4.45. The topological polar surface area (TPSA) is 105 Å². The van der Waals surface area contributed by atoms with Crippen molar-refractivity contribution in [1.82, 2.24) is 14.5 Å². The summed E-state index contributed by atoms with van der Waals surface area (Å²) in [6, 6.07) is 6.79. The van der Waals surface area contributed by atoms with Crippen LogP contribution in [0.1, 0.15) is 22.9 Å². The predicted octanol–water partition coefficient (Wildman–Crippen LogP) is 3.57. The molecule has 0 saturated carbocycles.